The van der Waals surface area contributed by atoms with Gasteiger partial charge in [0.25, 0.3) is 10.2 Å². The summed E-state index contributed by atoms with van der Waals surface area (Å²) >= 11 is 0. The minimum absolute atomic E-state index is 0.159. The summed E-state index contributed by atoms with van der Waals surface area (Å²) in [6.45, 7) is 5.26. The van der Waals surface area contributed by atoms with Gasteiger partial charge >= 0.3 is 0 Å². The molecule has 1 fully saturated rings. The molecule has 1 aromatic heterocycles. The molecular weight excluding hydrogens is 264 g/mol. The molecule has 106 valence electrons. The fraction of sp³-hybridized carbons (Fsp3) is 0.667. The van der Waals surface area contributed by atoms with E-state index in [2.05, 4.69) is 9.97 Å². The molecule has 2 rings (SSSR count). The van der Waals surface area contributed by atoms with Crippen LogP contribution in [0.2, 0.25) is 0 Å². The average molecular weight is 284 g/mol. The van der Waals surface area contributed by atoms with Gasteiger partial charge in [0.2, 0.25) is 0 Å². The summed E-state index contributed by atoms with van der Waals surface area (Å²) in [5.74, 6) is 0. The van der Waals surface area contributed by atoms with Crippen LogP contribution in [0.5, 0.6) is 0 Å². The van der Waals surface area contributed by atoms with Crippen molar-refractivity contribution in [2.24, 2.45) is 0 Å². The molecule has 0 unspecified atom stereocenters. The quantitative estimate of drug-likeness (QED) is 0.815. The highest BCUT2D eigenvalue weighted by Gasteiger charge is 2.38. The highest BCUT2D eigenvalue weighted by atomic mass is 32.2. The van der Waals surface area contributed by atoms with Gasteiger partial charge in [-0.25, -0.2) is 9.97 Å². The molecule has 19 heavy (non-hydrogen) atoms. The molecule has 0 radical (unpaired) electrons. The Morgan fingerprint density at radius 3 is 2.74 bits per heavy atom. The monoisotopic (exact) mass is 284 g/mol. The summed E-state index contributed by atoms with van der Waals surface area (Å²) in [7, 11) is -3.39. The summed E-state index contributed by atoms with van der Waals surface area (Å²) in [4.78, 5) is 8.08. The van der Waals surface area contributed by atoms with Crippen molar-refractivity contribution in [1.29, 1.82) is 0 Å². The molecule has 0 amide bonds. The van der Waals surface area contributed by atoms with Crippen molar-refractivity contribution in [3.8, 4) is 0 Å². The molecule has 0 aliphatic carbocycles. The first-order valence-corrected chi connectivity index (χ1v) is 8.03. The summed E-state index contributed by atoms with van der Waals surface area (Å²) in [5.41, 5.74) is 0.781. The van der Waals surface area contributed by atoms with E-state index in [1.54, 1.807) is 16.6 Å². The van der Waals surface area contributed by atoms with Crippen molar-refractivity contribution in [2.45, 2.75) is 32.7 Å². The molecule has 7 heteroatoms. The van der Waals surface area contributed by atoms with E-state index in [4.69, 9.17) is 0 Å². The Labute approximate surface area is 114 Å². The number of nitrogens with zero attached hydrogens (tertiary/aromatic N) is 4. The Kier molecular flexibility index (Phi) is 4.49. The first-order chi connectivity index (χ1) is 9.11. The lowest BCUT2D eigenvalue weighted by Gasteiger charge is -2.29. The van der Waals surface area contributed by atoms with E-state index in [1.165, 1.54) is 10.6 Å². The predicted molar refractivity (Wildman–Crippen MR) is 72.6 cm³/mol. The molecule has 0 aromatic carbocycles. The van der Waals surface area contributed by atoms with Gasteiger partial charge in [-0.15, -0.1) is 0 Å². The summed E-state index contributed by atoms with van der Waals surface area (Å²) in [6, 6.07) is 1.63. The third-order valence-electron chi connectivity index (χ3n) is 3.48. The van der Waals surface area contributed by atoms with Crippen LogP contribution in [0.4, 0.5) is 0 Å². The zero-order valence-corrected chi connectivity index (χ0v) is 12.2. The van der Waals surface area contributed by atoms with Crippen molar-refractivity contribution in [1.82, 2.24) is 18.6 Å². The van der Waals surface area contributed by atoms with Crippen molar-refractivity contribution in [3.63, 3.8) is 0 Å². The normalized spacial score (nSPS) is 21.1. The SMILES string of the molecule is CCN(CC)S(=O)(=O)N1CCC[C@@H]1c1ccncn1. The lowest BCUT2D eigenvalue weighted by Crippen LogP contribution is -2.43. The molecule has 0 N–H and O–H groups in total. The van der Waals surface area contributed by atoms with Gasteiger partial charge in [0.15, 0.2) is 0 Å². The van der Waals surface area contributed by atoms with E-state index < -0.39 is 10.2 Å². The van der Waals surface area contributed by atoms with E-state index in [1.807, 2.05) is 13.8 Å². The highest BCUT2D eigenvalue weighted by molar-refractivity contribution is 7.86. The average Bonchev–Trinajstić information content (AvgIpc) is 2.91. The Hall–Kier alpha value is -1.05. The van der Waals surface area contributed by atoms with Crippen LogP contribution < -0.4 is 0 Å². The minimum atomic E-state index is -3.39. The standard InChI is InChI=1S/C12H20N4O2S/c1-3-15(4-2)19(17,18)16-9-5-6-12(16)11-7-8-13-10-14-11/h7-8,10,12H,3-6,9H2,1-2H3/t12-/m1/s1. The van der Waals surface area contributed by atoms with Gasteiger partial charge in [0.05, 0.1) is 11.7 Å². The molecule has 1 aliphatic heterocycles. The van der Waals surface area contributed by atoms with E-state index in [0.29, 0.717) is 19.6 Å². The maximum absolute atomic E-state index is 12.6. The van der Waals surface area contributed by atoms with Gasteiger partial charge < -0.3 is 0 Å². The van der Waals surface area contributed by atoms with Gasteiger partial charge in [-0.2, -0.15) is 17.0 Å². The summed E-state index contributed by atoms with van der Waals surface area (Å²) in [6.07, 6.45) is 4.81. The Balaban J connectivity index is 2.29. The number of rotatable bonds is 5. The second kappa shape index (κ2) is 5.94. The van der Waals surface area contributed by atoms with Crippen molar-refractivity contribution < 1.29 is 8.42 Å². The van der Waals surface area contributed by atoms with Crippen LogP contribution in [0.3, 0.4) is 0 Å². The third-order valence-corrected chi connectivity index (χ3v) is 5.68. The lowest BCUT2D eigenvalue weighted by molar-refractivity contribution is 0.334. The van der Waals surface area contributed by atoms with Crippen LogP contribution in [0.1, 0.15) is 38.4 Å². The zero-order chi connectivity index (χ0) is 13.9. The van der Waals surface area contributed by atoms with Gasteiger partial charge in [-0.3, -0.25) is 0 Å². The molecule has 0 saturated carbocycles. The van der Waals surface area contributed by atoms with Gasteiger partial charge in [-0.1, -0.05) is 13.8 Å². The molecule has 1 aromatic rings. The van der Waals surface area contributed by atoms with Gasteiger partial charge in [0.1, 0.15) is 6.33 Å². The zero-order valence-electron chi connectivity index (χ0n) is 11.4. The van der Waals surface area contributed by atoms with Crippen LogP contribution in [0.15, 0.2) is 18.6 Å². The van der Waals surface area contributed by atoms with E-state index in [9.17, 15) is 8.42 Å². The summed E-state index contributed by atoms with van der Waals surface area (Å²) in [5, 5.41) is 0. The maximum Gasteiger partial charge on any atom is 0.282 e. The molecule has 6 nitrogen and oxygen atoms in total. The number of hydrogen-bond donors (Lipinski definition) is 0. The van der Waals surface area contributed by atoms with Gasteiger partial charge in [0, 0.05) is 25.8 Å². The topological polar surface area (TPSA) is 66.4 Å². The molecule has 0 bridgehead atoms. The first-order valence-electron chi connectivity index (χ1n) is 6.64. The second-order valence-corrected chi connectivity index (χ2v) is 6.38. The highest BCUT2D eigenvalue weighted by Crippen LogP contribution is 2.33. The smallest absolute Gasteiger partial charge is 0.245 e. The lowest BCUT2D eigenvalue weighted by atomic mass is 10.1. The maximum atomic E-state index is 12.6. The fourth-order valence-electron chi connectivity index (χ4n) is 2.51. The molecule has 1 atom stereocenters. The van der Waals surface area contributed by atoms with Crippen molar-refractivity contribution >= 4 is 10.2 Å². The van der Waals surface area contributed by atoms with E-state index >= 15 is 0 Å². The predicted octanol–water partition coefficient (Wildman–Crippen LogP) is 1.20. The number of aromatic nitrogens is 2. The third kappa shape index (κ3) is 2.77. The van der Waals surface area contributed by atoms with Crippen LogP contribution in [0, 0.1) is 0 Å². The molecule has 0 spiro atoms. The van der Waals surface area contributed by atoms with Gasteiger partial charge in [-0.05, 0) is 18.9 Å². The van der Waals surface area contributed by atoms with Crippen LogP contribution >= 0.6 is 0 Å². The molecule has 1 aliphatic rings. The largest absolute Gasteiger partial charge is 0.282 e. The fourth-order valence-corrected chi connectivity index (χ4v) is 4.35. The van der Waals surface area contributed by atoms with Crippen molar-refractivity contribution in [2.75, 3.05) is 19.6 Å². The summed E-state index contributed by atoms with van der Waals surface area (Å²) < 4.78 is 28.2. The Morgan fingerprint density at radius 1 is 1.42 bits per heavy atom. The molecule has 2 heterocycles. The number of hydrogen-bond acceptors (Lipinski definition) is 4. The van der Waals surface area contributed by atoms with Crippen molar-refractivity contribution in [3.05, 3.63) is 24.3 Å². The van der Waals surface area contributed by atoms with Crippen LogP contribution in [-0.4, -0.2) is 46.6 Å². The van der Waals surface area contributed by atoms with Crippen LogP contribution in [-0.2, 0) is 10.2 Å². The van der Waals surface area contributed by atoms with E-state index in [-0.39, 0.29) is 6.04 Å². The Bertz CT molecular complexity index is 502. The van der Waals surface area contributed by atoms with E-state index in [0.717, 1.165) is 18.5 Å². The first kappa shape index (κ1) is 14.4. The molecular formula is C12H20N4O2S. The Morgan fingerprint density at radius 2 is 2.16 bits per heavy atom. The molecule has 1 saturated heterocycles. The minimum Gasteiger partial charge on any atom is -0.245 e. The van der Waals surface area contributed by atoms with Crippen LogP contribution in [0.25, 0.3) is 0 Å². The second-order valence-electron chi connectivity index (χ2n) is 4.50.